The van der Waals surface area contributed by atoms with Gasteiger partial charge in [-0.1, -0.05) is 68.4 Å². The smallest absolute Gasteiger partial charge is 0.220 e. The third-order valence-electron chi connectivity index (χ3n) is 3.83. The fourth-order valence-corrected chi connectivity index (χ4v) is 2.29. The molecule has 2 N–H and O–H groups in total. The molecule has 0 radical (unpaired) electrons. The Kier molecular flexibility index (Phi) is 18.5. The van der Waals surface area contributed by atoms with E-state index in [0.29, 0.717) is 13.0 Å². The summed E-state index contributed by atoms with van der Waals surface area (Å²) >= 11 is 0. The maximum absolute atomic E-state index is 11.4. The van der Waals surface area contributed by atoms with Crippen LogP contribution in [-0.4, -0.2) is 23.7 Å². The van der Waals surface area contributed by atoms with Crippen molar-refractivity contribution in [3.8, 4) is 0 Å². The topological polar surface area (TPSA) is 49.3 Å². The van der Waals surface area contributed by atoms with Crippen molar-refractivity contribution in [2.75, 3.05) is 6.54 Å². The third kappa shape index (κ3) is 20.4. The van der Waals surface area contributed by atoms with Crippen molar-refractivity contribution in [2.45, 2.75) is 84.2 Å². The molecule has 1 amide bonds. The highest BCUT2D eigenvalue weighted by molar-refractivity contribution is 5.75. The van der Waals surface area contributed by atoms with Crippen LogP contribution in [0.4, 0.5) is 0 Å². The number of aliphatic hydroxyl groups is 1. The predicted molar refractivity (Wildman–Crippen MR) is 113 cm³/mol. The zero-order chi connectivity index (χ0) is 19.3. The van der Waals surface area contributed by atoms with Gasteiger partial charge in [-0.05, 0) is 51.9 Å². The third-order valence-corrected chi connectivity index (χ3v) is 3.83. The molecule has 0 fully saturated rings. The van der Waals surface area contributed by atoms with Gasteiger partial charge in [0.2, 0.25) is 5.91 Å². The minimum absolute atomic E-state index is 0.0155. The van der Waals surface area contributed by atoms with Crippen LogP contribution < -0.4 is 5.32 Å². The van der Waals surface area contributed by atoms with Crippen LogP contribution in [0.2, 0.25) is 0 Å². The molecular weight excluding hydrogens is 322 g/mol. The summed E-state index contributed by atoms with van der Waals surface area (Å²) < 4.78 is 0. The van der Waals surface area contributed by atoms with Crippen molar-refractivity contribution in [2.24, 2.45) is 0 Å². The summed E-state index contributed by atoms with van der Waals surface area (Å²) in [6.07, 6.45) is 27.5. The first kappa shape index (κ1) is 24.4. The van der Waals surface area contributed by atoms with Crippen molar-refractivity contribution in [1.82, 2.24) is 5.32 Å². The standard InChI is InChI=1S/C23H39NO2/c1-3-4-5-6-7-8-9-10-11-12-13-14-15-16-17-18-19-20-23(26)24-21-22(2)25/h7-8,10-11,13-14,16-17,22,25H,3-6,9,12,15,18-21H2,1-2H3,(H,24,26)/b8-7-,11-10-,14-13-,17-16-/t22-/m0/s1. The first-order chi connectivity index (χ1) is 12.7. The number of amides is 1. The minimum atomic E-state index is -0.479. The molecule has 3 heteroatoms. The van der Waals surface area contributed by atoms with Gasteiger partial charge in [0.25, 0.3) is 0 Å². The summed E-state index contributed by atoms with van der Waals surface area (Å²) in [7, 11) is 0. The van der Waals surface area contributed by atoms with Gasteiger partial charge in [0.1, 0.15) is 0 Å². The summed E-state index contributed by atoms with van der Waals surface area (Å²) in [5.41, 5.74) is 0. The molecule has 3 nitrogen and oxygen atoms in total. The molecule has 0 aromatic heterocycles. The van der Waals surface area contributed by atoms with Crippen LogP contribution in [0.5, 0.6) is 0 Å². The number of allylic oxidation sites excluding steroid dienone is 8. The number of hydrogen-bond donors (Lipinski definition) is 2. The molecule has 0 saturated heterocycles. The molecule has 0 unspecified atom stereocenters. The fraction of sp³-hybridized carbons (Fsp3) is 0.609. The van der Waals surface area contributed by atoms with E-state index in [0.717, 1.165) is 32.1 Å². The van der Waals surface area contributed by atoms with Crippen LogP contribution in [0.25, 0.3) is 0 Å². The predicted octanol–water partition coefficient (Wildman–Crippen LogP) is 5.63. The van der Waals surface area contributed by atoms with E-state index in [4.69, 9.17) is 5.11 Å². The first-order valence-corrected chi connectivity index (χ1v) is 10.2. The molecule has 1 atom stereocenters. The van der Waals surface area contributed by atoms with E-state index in [1.165, 1.54) is 25.7 Å². The second-order valence-corrected chi connectivity index (χ2v) is 6.63. The number of hydrogen-bond acceptors (Lipinski definition) is 2. The normalized spacial score (nSPS) is 13.5. The van der Waals surface area contributed by atoms with Crippen molar-refractivity contribution >= 4 is 5.91 Å². The molecule has 0 rings (SSSR count). The Morgan fingerprint density at radius 1 is 0.846 bits per heavy atom. The lowest BCUT2D eigenvalue weighted by atomic mass is 10.2. The Morgan fingerprint density at radius 2 is 1.35 bits per heavy atom. The van der Waals surface area contributed by atoms with E-state index in [9.17, 15) is 4.79 Å². The molecule has 0 heterocycles. The summed E-state index contributed by atoms with van der Waals surface area (Å²) in [6.45, 7) is 4.24. The summed E-state index contributed by atoms with van der Waals surface area (Å²) in [4.78, 5) is 11.4. The largest absolute Gasteiger partial charge is 0.392 e. The number of nitrogens with one attached hydrogen (secondary N) is 1. The molecular formula is C23H39NO2. The summed E-state index contributed by atoms with van der Waals surface area (Å²) in [5, 5.41) is 11.8. The number of carbonyl (C=O) groups excluding carboxylic acids is 1. The summed E-state index contributed by atoms with van der Waals surface area (Å²) in [5.74, 6) is 0.0155. The van der Waals surface area contributed by atoms with E-state index in [-0.39, 0.29) is 5.91 Å². The van der Waals surface area contributed by atoms with Gasteiger partial charge in [0.15, 0.2) is 0 Å². The van der Waals surface area contributed by atoms with Crippen LogP contribution >= 0.6 is 0 Å². The van der Waals surface area contributed by atoms with Gasteiger partial charge >= 0.3 is 0 Å². The molecule has 0 aliphatic heterocycles. The van der Waals surface area contributed by atoms with Gasteiger partial charge < -0.3 is 10.4 Å². The maximum Gasteiger partial charge on any atom is 0.220 e. The zero-order valence-electron chi connectivity index (χ0n) is 16.8. The molecule has 0 aliphatic carbocycles. The Morgan fingerprint density at radius 3 is 1.85 bits per heavy atom. The highest BCUT2D eigenvalue weighted by Crippen LogP contribution is 2.01. The molecule has 0 saturated carbocycles. The number of carbonyl (C=O) groups is 1. The van der Waals surface area contributed by atoms with E-state index in [2.05, 4.69) is 60.8 Å². The molecule has 0 bridgehead atoms. The Bertz CT molecular complexity index is 433. The lowest BCUT2D eigenvalue weighted by Gasteiger charge is -2.05. The second-order valence-electron chi connectivity index (χ2n) is 6.63. The SMILES string of the molecule is CCCCC/C=C\C/C=C\C/C=C\C/C=C\CCCC(=O)NC[C@H](C)O. The van der Waals surface area contributed by atoms with Crippen LogP contribution in [-0.2, 0) is 4.79 Å². The van der Waals surface area contributed by atoms with Gasteiger partial charge in [0, 0.05) is 13.0 Å². The van der Waals surface area contributed by atoms with Crippen LogP contribution in [0.15, 0.2) is 48.6 Å². The molecule has 0 aromatic carbocycles. The van der Waals surface area contributed by atoms with Crippen LogP contribution in [0.1, 0.15) is 78.1 Å². The van der Waals surface area contributed by atoms with E-state index in [1.54, 1.807) is 6.92 Å². The average Bonchev–Trinajstić information content (AvgIpc) is 2.62. The lowest BCUT2D eigenvalue weighted by molar-refractivity contribution is -0.121. The van der Waals surface area contributed by atoms with Gasteiger partial charge in [-0.25, -0.2) is 0 Å². The number of aliphatic hydroxyl groups excluding tert-OH is 1. The first-order valence-electron chi connectivity index (χ1n) is 10.2. The summed E-state index contributed by atoms with van der Waals surface area (Å²) in [6, 6.07) is 0. The zero-order valence-corrected chi connectivity index (χ0v) is 16.8. The minimum Gasteiger partial charge on any atom is -0.392 e. The molecule has 26 heavy (non-hydrogen) atoms. The number of unbranched alkanes of at least 4 members (excludes halogenated alkanes) is 4. The van der Waals surface area contributed by atoms with Gasteiger partial charge in [-0.2, -0.15) is 0 Å². The molecule has 0 aliphatic rings. The number of rotatable bonds is 16. The fourth-order valence-electron chi connectivity index (χ4n) is 2.29. The highest BCUT2D eigenvalue weighted by Gasteiger charge is 2.01. The monoisotopic (exact) mass is 361 g/mol. The van der Waals surface area contributed by atoms with Crippen LogP contribution in [0, 0.1) is 0 Å². The quantitative estimate of drug-likeness (QED) is 0.276. The average molecular weight is 362 g/mol. The van der Waals surface area contributed by atoms with Crippen molar-refractivity contribution in [3.63, 3.8) is 0 Å². The Balaban J connectivity index is 3.47. The van der Waals surface area contributed by atoms with Crippen molar-refractivity contribution < 1.29 is 9.90 Å². The van der Waals surface area contributed by atoms with Crippen molar-refractivity contribution in [3.05, 3.63) is 48.6 Å². The van der Waals surface area contributed by atoms with Gasteiger partial charge in [0.05, 0.1) is 6.10 Å². The van der Waals surface area contributed by atoms with Crippen LogP contribution in [0.3, 0.4) is 0 Å². The van der Waals surface area contributed by atoms with E-state index < -0.39 is 6.10 Å². The molecule has 0 spiro atoms. The highest BCUT2D eigenvalue weighted by atomic mass is 16.3. The van der Waals surface area contributed by atoms with E-state index in [1.807, 2.05) is 0 Å². The second kappa shape index (κ2) is 19.7. The molecule has 0 aromatic rings. The van der Waals surface area contributed by atoms with Gasteiger partial charge in [-0.3, -0.25) is 4.79 Å². The lowest BCUT2D eigenvalue weighted by Crippen LogP contribution is -2.30. The Hall–Kier alpha value is -1.61. The molecule has 148 valence electrons. The Labute approximate surface area is 161 Å². The maximum atomic E-state index is 11.4. The van der Waals surface area contributed by atoms with Crippen molar-refractivity contribution in [1.29, 1.82) is 0 Å². The van der Waals surface area contributed by atoms with E-state index >= 15 is 0 Å². The van der Waals surface area contributed by atoms with Gasteiger partial charge in [-0.15, -0.1) is 0 Å².